The Morgan fingerprint density at radius 2 is 2.33 bits per heavy atom. The van der Waals surface area contributed by atoms with Crippen molar-refractivity contribution in [1.82, 2.24) is 4.90 Å². The van der Waals surface area contributed by atoms with E-state index in [2.05, 4.69) is 4.90 Å². The quantitative estimate of drug-likeness (QED) is 0.879. The lowest BCUT2D eigenvalue weighted by Gasteiger charge is -2.43. The molecule has 1 aromatic carbocycles. The Hall–Kier alpha value is -0.880. The molecular formula is C18H25ClFNO3. The van der Waals surface area contributed by atoms with E-state index in [0.29, 0.717) is 38.0 Å². The van der Waals surface area contributed by atoms with Crippen LogP contribution in [0.1, 0.15) is 26.2 Å². The average molecular weight is 358 g/mol. The maximum absolute atomic E-state index is 13.1. The Balaban J connectivity index is 1.56. The van der Waals surface area contributed by atoms with Crippen LogP contribution in [-0.2, 0) is 4.74 Å². The van der Waals surface area contributed by atoms with Gasteiger partial charge in [0.1, 0.15) is 18.2 Å². The van der Waals surface area contributed by atoms with Gasteiger partial charge in [-0.05, 0) is 50.9 Å². The zero-order valence-electron chi connectivity index (χ0n) is 14.0. The van der Waals surface area contributed by atoms with E-state index in [1.54, 1.807) is 6.07 Å². The van der Waals surface area contributed by atoms with Crippen molar-refractivity contribution in [1.29, 1.82) is 0 Å². The van der Waals surface area contributed by atoms with Crippen LogP contribution in [0.5, 0.6) is 5.75 Å². The summed E-state index contributed by atoms with van der Waals surface area (Å²) >= 11 is 5.98. The fourth-order valence-corrected chi connectivity index (χ4v) is 4.05. The molecule has 0 aromatic heterocycles. The molecule has 6 heteroatoms. The molecule has 3 atom stereocenters. The molecule has 0 aliphatic carbocycles. The van der Waals surface area contributed by atoms with Crippen molar-refractivity contribution in [3.63, 3.8) is 0 Å². The normalized spacial score (nSPS) is 31.3. The van der Waals surface area contributed by atoms with Crippen molar-refractivity contribution >= 4 is 11.6 Å². The first-order valence-electron chi connectivity index (χ1n) is 8.59. The highest BCUT2D eigenvalue weighted by Crippen LogP contribution is 2.35. The summed E-state index contributed by atoms with van der Waals surface area (Å²) in [6, 6.07) is 4.47. The summed E-state index contributed by atoms with van der Waals surface area (Å²) in [7, 11) is 0. The Morgan fingerprint density at radius 1 is 1.50 bits per heavy atom. The highest BCUT2D eigenvalue weighted by atomic mass is 35.5. The van der Waals surface area contributed by atoms with Gasteiger partial charge < -0.3 is 14.6 Å². The van der Waals surface area contributed by atoms with E-state index < -0.39 is 5.60 Å². The minimum absolute atomic E-state index is 0.128. The molecule has 1 N–H and O–H groups in total. The van der Waals surface area contributed by atoms with Gasteiger partial charge in [-0.25, -0.2) is 4.39 Å². The van der Waals surface area contributed by atoms with Crippen LogP contribution in [0.15, 0.2) is 18.2 Å². The van der Waals surface area contributed by atoms with E-state index >= 15 is 0 Å². The molecule has 0 bridgehead atoms. The van der Waals surface area contributed by atoms with Crippen LogP contribution in [0.2, 0.25) is 5.02 Å². The smallest absolute Gasteiger partial charge is 0.138 e. The summed E-state index contributed by atoms with van der Waals surface area (Å²) < 4.78 is 24.4. The van der Waals surface area contributed by atoms with E-state index in [-0.39, 0.29) is 16.8 Å². The monoisotopic (exact) mass is 357 g/mol. The highest BCUT2D eigenvalue weighted by molar-refractivity contribution is 6.32. The molecule has 0 amide bonds. The zero-order chi connectivity index (χ0) is 17.2. The fourth-order valence-electron chi connectivity index (χ4n) is 3.83. The van der Waals surface area contributed by atoms with Gasteiger partial charge in [-0.1, -0.05) is 11.6 Å². The maximum atomic E-state index is 13.1. The van der Waals surface area contributed by atoms with Gasteiger partial charge in [-0.15, -0.1) is 0 Å². The molecule has 2 aliphatic rings. The van der Waals surface area contributed by atoms with Gasteiger partial charge in [-0.3, -0.25) is 4.90 Å². The van der Waals surface area contributed by atoms with Crippen LogP contribution in [0.4, 0.5) is 4.39 Å². The van der Waals surface area contributed by atoms with Gasteiger partial charge in [0.15, 0.2) is 0 Å². The van der Waals surface area contributed by atoms with Gasteiger partial charge in [0.2, 0.25) is 0 Å². The number of hydrogen-bond acceptors (Lipinski definition) is 4. The first kappa shape index (κ1) is 17.9. The molecule has 1 aromatic rings. The standard InChI is InChI=1S/C18H25ClFNO3/c1-18(22)6-9-23-12-14(18)16-3-2-7-21(16)8-10-24-17-5-4-13(20)11-15(17)19/h4-5,11,14,16,22H,2-3,6-10,12H2,1H3/t14-,16-,18+/m1/s1. The molecule has 2 heterocycles. The second-order valence-corrected chi connectivity index (χ2v) is 7.36. The van der Waals surface area contributed by atoms with Gasteiger partial charge in [0.05, 0.1) is 17.2 Å². The Kier molecular flexibility index (Phi) is 5.65. The number of halogens is 2. The molecule has 24 heavy (non-hydrogen) atoms. The van der Waals surface area contributed by atoms with Gasteiger partial charge in [0.25, 0.3) is 0 Å². The number of benzene rings is 1. The number of hydrogen-bond donors (Lipinski definition) is 1. The Bertz CT molecular complexity index is 569. The van der Waals surface area contributed by atoms with E-state index in [9.17, 15) is 9.50 Å². The van der Waals surface area contributed by atoms with Crippen molar-refractivity contribution < 1.29 is 19.0 Å². The number of nitrogens with zero attached hydrogens (tertiary/aromatic N) is 1. The maximum Gasteiger partial charge on any atom is 0.138 e. The predicted octanol–water partition coefficient (Wildman–Crippen LogP) is 3.11. The third-order valence-corrected chi connectivity index (χ3v) is 5.55. The molecule has 0 saturated carbocycles. The topological polar surface area (TPSA) is 41.9 Å². The minimum Gasteiger partial charge on any atom is -0.491 e. The lowest BCUT2D eigenvalue weighted by Crippen LogP contribution is -2.53. The molecule has 134 valence electrons. The highest BCUT2D eigenvalue weighted by Gasteiger charge is 2.43. The minimum atomic E-state index is -0.674. The lowest BCUT2D eigenvalue weighted by atomic mass is 9.79. The molecule has 0 unspecified atom stereocenters. The van der Waals surface area contributed by atoms with Crippen LogP contribution in [0.25, 0.3) is 0 Å². The molecule has 2 aliphatic heterocycles. The summed E-state index contributed by atoms with van der Waals surface area (Å²) in [5, 5.41) is 11.0. The van der Waals surface area contributed by atoms with Crippen molar-refractivity contribution in [2.45, 2.75) is 37.8 Å². The van der Waals surface area contributed by atoms with Crippen LogP contribution < -0.4 is 4.74 Å². The Morgan fingerprint density at radius 3 is 3.08 bits per heavy atom. The lowest BCUT2D eigenvalue weighted by molar-refractivity contribution is -0.123. The molecule has 0 spiro atoms. The fraction of sp³-hybridized carbons (Fsp3) is 0.667. The third kappa shape index (κ3) is 4.02. The third-order valence-electron chi connectivity index (χ3n) is 5.26. The number of ether oxygens (including phenoxy) is 2. The van der Waals surface area contributed by atoms with Gasteiger partial charge >= 0.3 is 0 Å². The second-order valence-electron chi connectivity index (χ2n) is 6.96. The van der Waals surface area contributed by atoms with Gasteiger partial charge in [0, 0.05) is 25.1 Å². The van der Waals surface area contributed by atoms with Crippen LogP contribution in [0, 0.1) is 11.7 Å². The Labute approximate surface area is 147 Å². The predicted molar refractivity (Wildman–Crippen MR) is 91.0 cm³/mol. The summed E-state index contributed by atoms with van der Waals surface area (Å²) in [5.41, 5.74) is -0.674. The molecule has 0 radical (unpaired) electrons. The molecular weight excluding hydrogens is 333 g/mol. The van der Waals surface area contributed by atoms with E-state index in [4.69, 9.17) is 21.1 Å². The van der Waals surface area contributed by atoms with E-state index in [1.807, 2.05) is 6.92 Å². The second kappa shape index (κ2) is 7.56. The summed E-state index contributed by atoms with van der Waals surface area (Å²) in [6.45, 7) is 5.40. The van der Waals surface area contributed by atoms with Gasteiger partial charge in [-0.2, -0.15) is 0 Å². The molecule has 3 rings (SSSR count). The summed E-state index contributed by atoms with van der Waals surface area (Å²) in [4.78, 5) is 2.37. The zero-order valence-corrected chi connectivity index (χ0v) is 14.8. The van der Waals surface area contributed by atoms with Crippen molar-refractivity contribution in [2.75, 3.05) is 32.9 Å². The van der Waals surface area contributed by atoms with Crippen molar-refractivity contribution in [3.05, 3.63) is 29.0 Å². The first-order valence-corrected chi connectivity index (χ1v) is 8.97. The summed E-state index contributed by atoms with van der Waals surface area (Å²) in [5.74, 6) is 0.261. The average Bonchev–Trinajstić information content (AvgIpc) is 2.97. The van der Waals surface area contributed by atoms with Crippen molar-refractivity contribution in [3.8, 4) is 5.75 Å². The number of rotatable bonds is 5. The summed E-state index contributed by atoms with van der Waals surface area (Å²) in [6.07, 6.45) is 2.87. The molecule has 4 nitrogen and oxygen atoms in total. The van der Waals surface area contributed by atoms with Crippen molar-refractivity contribution in [2.24, 2.45) is 5.92 Å². The number of likely N-dealkylation sites (tertiary alicyclic amines) is 1. The molecule has 2 saturated heterocycles. The van der Waals surface area contributed by atoms with E-state index in [0.717, 1.165) is 25.9 Å². The van der Waals surface area contributed by atoms with Crippen LogP contribution >= 0.6 is 11.6 Å². The van der Waals surface area contributed by atoms with Crippen LogP contribution in [-0.4, -0.2) is 54.6 Å². The van der Waals surface area contributed by atoms with Crippen LogP contribution in [0.3, 0.4) is 0 Å². The largest absolute Gasteiger partial charge is 0.491 e. The molecule has 2 fully saturated rings. The number of aliphatic hydroxyl groups is 1. The first-order chi connectivity index (χ1) is 11.5. The SMILES string of the molecule is C[C@]1(O)CCOC[C@@H]1[C@H]1CCCN1CCOc1ccc(F)cc1Cl. The van der Waals surface area contributed by atoms with E-state index in [1.165, 1.54) is 12.1 Å².